The molecule has 4 fully saturated rings. The molecule has 0 aromatic heterocycles. The number of methoxy groups -OCH3 is 2. The standard InChI is InChI=1S/C42H63NO6/c1-37(2)19-21-42(25-34(45)43-29(36(46)47)23-26-11-10-12-30(48-8)35(26)49-9)22-20-40(6)27(28(42)24-37)13-14-32-39(5)17-16-33(44)38(3,4)31(39)15-18-41(32,40)7/h10-13,28-29,31-33,44H,14-25H2,1-9H3,(H,43,45)(H,46,47)/t28-,29?,31-,32+,33-,39-,40+,41+,42+/m0/s1. The number of hydrogen-bond donors (Lipinski definition) is 3. The maximum Gasteiger partial charge on any atom is 0.326 e. The number of aliphatic carboxylic acids is 1. The molecule has 0 spiro atoms. The van der Waals surface area contributed by atoms with Crippen molar-refractivity contribution in [1.29, 1.82) is 0 Å². The average molecular weight is 678 g/mol. The Kier molecular flexibility index (Phi) is 9.10. The Hall–Kier alpha value is -2.54. The number of carbonyl (C=O) groups excluding carboxylic acids is 1. The minimum Gasteiger partial charge on any atom is -0.493 e. The normalized spacial score (nSPS) is 39.5. The van der Waals surface area contributed by atoms with E-state index in [0.29, 0.717) is 41.2 Å². The molecule has 1 unspecified atom stereocenters. The van der Waals surface area contributed by atoms with Crippen molar-refractivity contribution >= 4 is 11.9 Å². The average Bonchev–Trinajstić information content (AvgIpc) is 3.03. The largest absolute Gasteiger partial charge is 0.493 e. The number of rotatable bonds is 8. The Labute approximate surface area is 295 Å². The first-order valence-electron chi connectivity index (χ1n) is 19.0. The maximum atomic E-state index is 14.1. The number of aliphatic hydroxyl groups is 1. The van der Waals surface area contributed by atoms with E-state index in [1.165, 1.54) is 6.42 Å². The number of benzene rings is 1. The first-order chi connectivity index (χ1) is 22.9. The molecule has 0 bridgehead atoms. The van der Waals surface area contributed by atoms with Gasteiger partial charge >= 0.3 is 5.97 Å². The van der Waals surface area contributed by atoms with E-state index >= 15 is 0 Å². The second-order valence-electron chi connectivity index (χ2n) is 18.9. The van der Waals surface area contributed by atoms with Crippen LogP contribution in [-0.4, -0.2) is 48.5 Å². The van der Waals surface area contributed by atoms with Crippen LogP contribution in [0.4, 0.5) is 0 Å². The van der Waals surface area contributed by atoms with Crippen LogP contribution in [0.1, 0.15) is 125 Å². The number of carboxylic acid groups (broad SMARTS) is 1. The van der Waals surface area contributed by atoms with E-state index in [0.717, 1.165) is 57.8 Å². The Morgan fingerprint density at radius 2 is 1.63 bits per heavy atom. The predicted molar refractivity (Wildman–Crippen MR) is 192 cm³/mol. The molecular formula is C42H63NO6. The number of carbonyl (C=O) groups is 2. The van der Waals surface area contributed by atoms with Crippen LogP contribution < -0.4 is 14.8 Å². The van der Waals surface area contributed by atoms with Crippen LogP contribution in [0.3, 0.4) is 0 Å². The van der Waals surface area contributed by atoms with E-state index in [1.54, 1.807) is 25.9 Å². The minimum atomic E-state index is -1.07. The van der Waals surface area contributed by atoms with Gasteiger partial charge in [0.15, 0.2) is 11.5 Å². The molecule has 1 aromatic rings. The van der Waals surface area contributed by atoms with Crippen LogP contribution in [-0.2, 0) is 16.0 Å². The molecule has 5 aliphatic carbocycles. The maximum absolute atomic E-state index is 14.1. The van der Waals surface area contributed by atoms with Crippen LogP contribution >= 0.6 is 0 Å². The third kappa shape index (κ3) is 5.63. The van der Waals surface area contributed by atoms with Crippen LogP contribution in [0.25, 0.3) is 0 Å². The highest BCUT2D eigenvalue weighted by Gasteiger charge is 2.68. The van der Waals surface area contributed by atoms with Crippen molar-refractivity contribution in [3.8, 4) is 11.5 Å². The molecule has 9 atom stereocenters. The molecule has 5 aliphatic rings. The van der Waals surface area contributed by atoms with Gasteiger partial charge in [0.25, 0.3) is 0 Å². The third-order valence-electron chi connectivity index (χ3n) is 15.8. The molecule has 0 aliphatic heterocycles. The lowest BCUT2D eigenvalue weighted by Gasteiger charge is -2.71. The topological polar surface area (TPSA) is 105 Å². The lowest BCUT2D eigenvalue weighted by Crippen LogP contribution is -2.64. The molecular weight excluding hydrogens is 614 g/mol. The summed E-state index contributed by atoms with van der Waals surface area (Å²) in [6.07, 6.45) is 13.4. The summed E-state index contributed by atoms with van der Waals surface area (Å²) >= 11 is 0. The van der Waals surface area contributed by atoms with Gasteiger partial charge in [-0.3, -0.25) is 4.79 Å². The number of amides is 1. The number of hydrogen-bond acceptors (Lipinski definition) is 5. The van der Waals surface area contributed by atoms with Gasteiger partial charge in [-0.1, -0.05) is 72.2 Å². The van der Waals surface area contributed by atoms with Gasteiger partial charge in [0.1, 0.15) is 6.04 Å². The Morgan fingerprint density at radius 1 is 0.918 bits per heavy atom. The molecule has 0 heterocycles. The van der Waals surface area contributed by atoms with Gasteiger partial charge in [0.2, 0.25) is 5.91 Å². The fourth-order valence-corrected chi connectivity index (χ4v) is 12.8. The zero-order valence-electron chi connectivity index (χ0n) is 31.7. The molecule has 1 aromatic carbocycles. The Bertz CT molecular complexity index is 1500. The highest BCUT2D eigenvalue weighted by Crippen LogP contribution is 2.76. The van der Waals surface area contributed by atoms with Crippen molar-refractivity contribution in [2.24, 2.45) is 50.2 Å². The summed E-state index contributed by atoms with van der Waals surface area (Å²) in [5, 5.41) is 24.3. The number of carboxylic acids is 1. The quantitative estimate of drug-likeness (QED) is 0.239. The van der Waals surface area contributed by atoms with Gasteiger partial charge in [0, 0.05) is 18.4 Å². The first kappa shape index (κ1) is 36.3. The predicted octanol–water partition coefficient (Wildman–Crippen LogP) is 8.37. The molecule has 6 rings (SSSR count). The van der Waals surface area contributed by atoms with Gasteiger partial charge < -0.3 is 25.0 Å². The van der Waals surface area contributed by atoms with Crippen molar-refractivity contribution in [3.05, 3.63) is 35.4 Å². The van der Waals surface area contributed by atoms with Crippen molar-refractivity contribution in [2.45, 2.75) is 138 Å². The smallest absolute Gasteiger partial charge is 0.326 e. The van der Waals surface area contributed by atoms with E-state index in [4.69, 9.17) is 9.47 Å². The van der Waals surface area contributed by atoms with Crippen LogP contribution in [0.5, 0.6) is 11.5 Å². The van der Waals surface area contributed by atoms with Crippen molar-refractivity contribution in [1.82, 2.24) is 5.32 Å². The first-order valence-corrected chi connectivity index (χ1v) is 19.0. The summed E-state index contributed by atoms with van der Waals surface area (Å²) in [5.41, 5.74) is 2.60. The van der Waals surface area contributed by atoms with Gasteiger partial charge in [-0.2, -0.15) is 0 Å². The fourth-order valence-electron chi connectivity index (χ4n) is 12.8. The number of fused-ring (bicyclic) bond motifs is 7. The van der Waals surface area contributed by atoms with Gasteiger partial charge in [-0.15, -0.1) is 0 Å². The summed E-state index contributed by atoms with van der Waals surface area (Å²) in [6.45, 7) is 17.1. The van der Waals surface area contributed by atoms with E-state index in [-0.39, 0.29) is 50.9 Å². The summed E-state index contributed by atoms with van der Waals surface area (Å²) in [5.74, 6) is 1.20. The second-order valence-corrected chi connectivity index (χ2v) is 18.9. The van der Waals surface area contributed by atoms with E-state index in [2.05, 4.69) is 59.9 Å². The molecule has 1 amide bonds. The lowest BCUT2D eigenvalue weighted by molar-refractivity contribution is -0.203. The van der Waals surface area contributed by atoms with E-state index < -0.39 is 12.0 Å². The molecule has 7 heteroatoms. The fraction of sp³-hybridized carbons (Fsp3) is 0.762. The highest BCUT2D eigenvalue weighted by atomic mass is 16.5. The lowest BCUT2D eigenvalue weighted by atomic mass is 9.33. The van der Waals surface area contributed by atoms with Crippen LogP contribution in [0.2, 0.25) is 0 Å². The van der Waals surface area contributed by atoms with Crippen molar-refractivity contribution in [2.75, 3.05) is 14.2 Å². The Balaban J connectivity index is 1.29. The van der Waals surface area contributed by atoms with Crippen molar-refractivity contribution in [3.63, 3.8) is 0 Å². The van der Waals surface area contributed by atoms with E-state index in [9.17, 15) is 19.8 Å². The number of nitrogens with one attached hydrogen (secondary N) is 1. The molecule has 3 N–H and O–H groups in total. The van der Waals surface area contributed by atoms with E-state index in [1.807, 2.05) is 12.1 Å². The Morgan fingerprint density at radius 3 is 2.31 bits per heavy atom. The molecule has 0 saturated heterocycles. The number of aliphatic hydroxyl groups excluding tert-OH is 1. The monoisotopic (exact) mass is 677 g/mol. The SMILES string of the molecule is COc1cccc(CC(NC(=O)C[C@]23CCC(C)(C)C[C@H]2C2=CC[C@@H]4[C@@]5(C)CC[C@H](O)C(C)(C)[C@@H]5CC[C@@]4(C)[C@]2(C)CC3)C(=O)O)c1OC. The molecule has 49 heavy (non-hydrogen) atoms. The summed E-state index contributed by atoms with van der Waals surface area (Å²) in [6, 6.07) is 4.36. The van der Waals surface area contributed by atoms with Crippen LogP contribution in [0, 0.1) is 50.2 Å². The highest BCUT2D eigenvalue weighted by molar-refractivity contribution is 5.84. The molecule has 0 radical (unpaired) electrons. The zero-order valence-corrected chi connectivity index (χ0v) is 31.7. The number of para-hydroxylation sites is 1. The second kappa shape index (κ2) is 12.3. The molecule has 272 valence electrons. The number of allylic oxidation sites excluding steroid dienone is 2. The molecule has 4 saturated carbocycles. The van der Waals surface area contributed by atoms with Gasteiger partial charge in [-0.25, -0.2) is 4.79 Å². The summed E-state index contributed by atoms with van der Waals surface area (Å²) in [7, 11) is 3.11. The third-order valence-corrected chi connectivity index (χ3v) is 15.8. The van der Waals surface area contributed by atoms with Crippen LogP contribution in [0.15, 0.2) is 29.8 Å². The van der Waals surface area contributed by atoms with Crippen molar-refractivity contribution < 1.29 is 29.3 Å². The zero-order chi connectivity index (χ0) is 35.8. The minimum absolute atomic E-state index is 0.0503. The number of ether oxygens (including phenoxy) is 2. The van der Waals surface area contributed by atoms with Gasteiger partial charge in [-0.05, 0) is 121 Å². The van der Waals surface area contributed by atoms with Gasteiger partial charge in [0.05, 0.1) is 20.3 Å². The summed E-state index contributed by atoms with van der Waals surface area (Å²) < 4.78 is 11.0. The molecule has 7 nitrogen and oxygen atoms in total. The summed E-state index contributed by atoms with van der Waals surface area (Å²) in [4.78, 5) is 26.6.